The summed E-state index contributed by atoms with van der Waals surface area (Å²) in [5.74, 6) is -5.88. The SMILES string of the molecule is CC=CCCC(F)=C(F)c1ccc(-c2ccc(CCc3cc(F)c(C(F)(F)F)c(F)c3)c(F)c2)cc1. The minimum atomic E-state index is -5.16. The molecule has 0 spiro atoms. The van der Waals surface area contributed by atoms with Gasteiger partial charge >= 0.3 is 6.18 Å². The lowest BCUT2D eigenvalue weighted by Gasteiger charge is -2.11. The first-order chi connectivity index (χ1) is 17.0. The minimum Gasteiger partial charge on any atom is -0.209 e. The van der Waals surface area contributed by atoms with Gasteiger partial charge in [-0.2, -0.15) is 13.2 Å². The molecule has 0 radical (unpaired) electrons. The Morgan fingerprint density at radius 3 is 1.94 bits per heavy atom. The van der Waals surface area contributed by atoms with Crippen molar-refractivity contribution in [3.05, 3.63) is 112 Å². The average Bonchev–Trinajstić information content (AvgIpc) is 2.81. The molecule has 3 aromatic carbocycles. The van der Waals surface area contributed by atoms with E-state index in [1.54, 1.807) is 25.1 Å². The van der Waals surface area contributed by atoms with Gasteiger partial charge in [-0.25, -0.2) is 22.0 Å². The number of aryl methyl sites for hydroxylation is 2. The molecule has 0 nitrogen and oxygen atoms in total. The summed E-state index contributed by atoms with van der Waals surface area (Å²) in [6.07, 6.45) is -1.44. The molecule has 0 N–H and O–H groups in total. The van der Waals surface area contributed by atoms with E-state index in [9.17, 15) is 35.1 Å². The lowest BCUT2D eigenvalue weighted by Crippen LogP contribution is -2.12. The fraction of sp³-hybridized carbons (Fsp3) is 0.214. The van der Waals surface area contributed by atoms with Crippen LogP contribution in [0.4, 0.5) is 35.1 Å². The van der Waals surface area contributed by atoms with Gasteiger partial charge in [0.05, 0.1) is 0 Å². The first-order valence-electron chi connectivity index (χ1n) is 11.1. The van der Waals surface area contributed by atoms with Crippen LogP contribution in [0.1, 0.15) is 42.0 Å². The van der Waals surface area contributed by atoms with Crippen LogP contribution in [-0.2, 0) is 19.0 Å². The van der Waals surface area contributed by atoms with Crippen LogP contribution in [0.5, 0.6) is 0 Å². The molecule has 0 saturated carbocycles. The molecule has 3 rings (SSSR count). The van der Waals surface area contributed by atoms with E-state index >= 15 is 0 Å². The van der Waals surface area contributed by atoms with Crippen LogP contribution in [0, 0.1) is 17.5 Å². The summed E-state index contributed by atoms with van der Waals surface area (Å²) in [6, 6.07) is 11.3. The highest BCUT2D eigenvalue weighted by molar-refractivity contribution is 5.68. The first-order valence-corrected chi connectivity index (χ1v) is 11.1. The third-order valence-electron chi connectivity index (χ3n) is 5.60. The summed E-state index contributed by atoms with van der Waals surface area (Å²) in [7, 11) is 0. The molecular formula is C28H22F8. The van der Waals surface area contributed by atoms with Gasteiger partial charge in [0.25, 0.3) is 0 Å². The highest BCUT2D eigenvalue weighted by Crippen LogP contribution is 2.34. The fourth-order valence-corrected chi connectivity index (χ4v) is 3.70. The van der Waals surface area contributed by atoms with E-state index in [0.29, 0.717) is 29.7 Å². The quantitative estimate of drug-likeness (QED) is 0.209. The molecule has 0 heterocycles. The van der Waals surface area contributed by atoms with Gasteiger partial charge in [-0.1, -0.05) is 48.6 Å². The Balaban J connectivity index is 1.72. The maximum atomic E-state index is 14.7. The molecule has 0 aromatic heterocycles. The van der Waals surface area contributed by atoms with Crippen molar-refractivity contribution in [3.8, 4) is 11.1 Å². The summed E-state index contributed by atoms with van der Waals surface area (Å²) >= 11 is 0. The van der Waals surface area contributed by atoms with E-state index in [-0.39, 0.29) is 36.0 Å². The predicted molar refractivity (Wildman–Crippen MR) is 124 cm³/mol. The lowest BCUT2D eigenvalue weighted by atomic mass is 9.98. The number of allylic oxidation sites excluding steroid dienone is 3. The van der Waals surface area contributed by atoms with Crippen molar-refractivity contribution >= 4 is 5.83 Å². The number of rotatable bonds is 8. The summed E-state index contributed by atoms with van der Waals surface area (Å²) in [6.45, 7) is 1.79. The topological polar surface area (TPSA) is 0 Å². The van der Waals surface area contributed by atoms with Gasteiger partial charge in [0, 0.05) is 12.0 Å². The van der Waals surface area contributed by atoms with Crippen molar-refractivity contribution in [3.63, 3.8) is 0 Å². The largest absolute Gasteiger partial charge is 0.422 e. The third kappa shape index (κ3) is 6.62. The van der Waals surface area contributed by atoms with Crippen molar-refractivity contribution in [1.29, 1.82) is 0 Å². The average molecular weight is 510 g/mol. The molecule has 0 atom stereocenters. The van der Waals surface area contributed by atoms with Gasteiger partial charge in [-0.05, 0) is 66.6 Å². The van der Waals surface area contributed by atoms with Gasteiger partial charge in [-0.3, -0.25) is 0 Å². The zero-order valence-electron chi connectivity index (χ0n) is 19.2. The van der Waals surface area contributed by atoms with E-state index in [0.717, 1.165) is 0 Å². The van der Waals surface area contributed by atoms with Crippen LogP contribution >= 0.6 is 0 Å². The molecule has 190 valence electrons. The Morgan fingerprint density at radius 1 is 0.778 bits per heavy atom. The molecule has 0 aliphatic rings. The van der Waals surface area contributed by atoms with Crippen LogP contribution in [0.15, 0.2) is 72.6 Å². The Kier molecular flexibility index (Phi) is 8.71. The van der Waals surface area contributed by atoms with Crippen LogP contribution in [-0.4, -0.2) is 0 Å². The fourth-order valence-electron chi connectivity index (χ4n) is 3.70. The zero-order valence-corrected chi connectivity index (χ0v) is 19.2. The Labute approximate surface area is 203 Å². The molecule has 0 aliphatic carbocycles. The third-order valence-corrected chi connectivity index (χ3v) is 5.60. The second-order valence-electron chi connectivity index (χ2n) is 8.14. The molecule has 0 amide bonds. The van der Waals surface area contributed by atoms with Crippen LogP contribution < -0.4 is 0 Å². The summed E-state index contributed by atoms with van der Waals surface area (Å²) in [4.78, 5) is 0. The number of benzene rings is 3. The first kappa shape index (κ1) is 27.2. The van der Waals surface area contributed by atoms with Gasteiger partial charge in [-0.15, -0.1) is 0 Å². The maximum Gasteiger partial charge on any atom is 0.422 e. The van der Waals surface area contributed by atoms with Crippen molar-refractivity contribution in [2.75, 3.05) is 0 Å². The normalized spacial score (nSPS) is 12.8. The number of hydrogen-bond acceptors (Lipinski definition) is 0. The molecular weight excluding hydrogens is 488 g/mol. The van der Waals surface area contributed by atoms with Crippen molar-refractivity contribution in [2.45, 2.75) is 38.8 Å². The van der Waals surface area contributed by atoms with Crippen molar-refractivity contribution in [1.82, 2.24) is 0 Å². The summed E-state index contributed by atoms with van der Waals surface area (Å²) < 4.78 is 109. The second-order valence-corrected chi connectivity index (χ2v) is 8.14. The molecule has 0 aliphatic heterocycles. The zero-order chi connectivity index (χ0) is 26.5. The maximum absolute atomic E-state index is 14.7. The predicted octanol–water partition coefficient (Wildman–Crippen LogP) is 9.54. The lowest BCUT2D eigenvalue weighted by molar-refractivity contribution is -0.142. The van der Waals surface area contributed by atoms with E-state index in [4.69, 9.17) is 0 Å². The molecule has 0 unspecified atom stereocenters. The van der Waals surface area contributed by atoms with Gasteiger partial charge in [0.2, 0.25) is 0 Å². The Bertz CT molecular complexity index is 1240. The highest BCUT2D eigenvalue weighted by atomic mass is 19.4. The summed E-state index contributed by atoms with van der Waals surface area (Å²) in [5.41, 5.74) is -0.715. The second kappa shape index (κ2) is 11.5. The molecule has 0 fully saturated rings. The van der Waals surface area contributed by atoms with E-state index in [1.807, 2.05) is 0 Å². The smallest absolute Gasteiger partial charge is 0.209 e. The summed E-state index contributed by atoms with van der Waals surface area (Å²) in [5, 5.41) is 0. The van der Waals surface area contributed by atoms with Crippen LogP contribution in [0.25, 0.3) is 17.0 Å². The van der Waals surface area contributed by atoms with Gasteiger partial charge in [0.1, 0.15) is 28.8 Å². The number of halogens is 8. The standard InChI is InChI=1S/C28H22F8/c1-2-3-4-5-22(29)27(33)20-11-8-18(9-12-20)21-13-10-19(23(30)16-21)7-6-17-14-24(31)26(25(32)15-17)28(34,35)36/h2-3,8-16H,4-7H2,1H3. The molecule has 0 bridgehead atoms. The number of hydrogen-bond donors (Lipinski definition) is 0. The van der Waals surface area contributed by atoms with Crippen LogP contribution in [0.2, 0.25) is 0 Å². The van der Waals surface area contributed by atoms with Crippen molar-refractivity contribution < 1.29 is 35.1 Å². The molecule has 0 saturated heterocycles. The van der Waals surface area contributed by atoms with Gasteiger partial charge in [0.15, 0.2) is 5.83 Å². The Hall–Kier alpha value is -3.42. The van der Waals surface area contributed by atoms with Crippen LogP contribution in [0.3, 0.4) is 0 Å². The highest BCUT2D eigenvalue weighted by Gasteiger charge is 2.37. The number of alkyl halides is 3. The van der Waals surface area contributed by atoms with E-state index in [1.165, 1.54) is 36.4 Å². The Morgan fingerprint density at radius 2 is 1.39 bits per heavy atom. The molecule has 3 aromatic rings. The molecule has 36 heavy (non-hydrogen) atoms. The monoisotopic (exact) mass is 510 g/mol. The molecule has 8 heteroatoms. The van der Waals surface area contributed by atoms with Gasteiger partial charge < -0.3 is 0 Å². The van der Waals surface area contributed by atoms with E-state index in [2.05, 4.69) is 0 Å². The van der Waals surface area contributed by atoms with E-state index < -0.39 is 40.8 Å². The minimum absolute atomic E-state index is 0.00218. The van der Waals surface area contributed by atoms with Crippen molar-refractivity contribution in [2.24, 2.45) is 0 Å².